The first-order valence-corrected chi connectivity index (χ1v) is 8.16. The van der Waals surface area contributed by atoms with E-state index >= 15 is 0 Å². The Bertz CT molecular complexity index is 915. The van der Waals surface area contributed by atoms with Crippen molar-refractivity contribution in [3.05, 3.63) is 59.2 Å². The average molecular weight is 314 g/mol. The van der Waals surface area contributed by atoms with Crippen molar-refractivity contribution in [3.8, 4) is 0 Å². The normalized spacial score (nSPS) is 15.7. The lowest BCUT2D eigenvalue weighted by Crippen LogP contribution is -2.12. The van der Waals surface area contributed by atoms with Gasteiger partial charge in [-0.05, 0) is 36.8 Å². The number of nitrogens with one attached hydrogen (secondary N) is 1. The van der Waals surface area contributed by atoms with Crippen molar-refractivity contribution in [1.29, 1.82) is 0 Å². The van der Waals surface area contributed by atoms with E-state index in [0.717, 1.165) is 11.1 Å². The maximum atomic E-state index is 12.1. The van der Waals surface area contributed by atoms with Crippen LogP contribution in [0.1, 0.15) is 16.7 Å². The third kappa shape index (κ3) is 2.66. The number of carbonyl (C=O) groups is 1. The van der Waals surface area contributed by atoms with Crippen LogP contribution in [-0.4, -0.2) is 14.3 Å². The molecule has 5 nitrogen and oxygen atoms in total. The molecule has 112 valence electrons. The number of carbonyl (C=O) groups excluding carboxylic acids is 1. The predicted octanol–water partition coefficient (Wildman–Crippen LogP) is 2.14. The maximum absolute atomic E-state index is 12.1. The lowest BCUT2D eigenvalue weighted by Gasteiger charge is -2.03. The molecule has 3 rings (SSSR count). The topological polar surface area (TPSA) is 89.3 Å². The number of fused-ring (bicyclic) bond motifs is 1. The number of nitrogens with two attached hydrogens (primary N) is 1. The number of anilines is 1. The van der Waals surface area contributed by atoms with Crippen LogP contribution in [0.4, 0.5) is 5.69 Å². The van der Waals surface area contributed by atoms with Gasteiger partial charge in [0.1, 0.15) is 0 Å². The van der Waals surface area contributed by atoms with E-state index in [1.54, 1.807) is 12.1 Å². The number of hydrogen-bond acceptors (Lipinski definition) is 3. The average Bonchev–Trinajstić information content (AvgIpc) is 2.74. The van der Waals surface area contributed by atoms with Crippen LogP contribution in [0.15, 0.2) is 47.4 Å². The summed E-state index contributed by atoms with van der Waals surface area (Å²) in [7, 11) is -3.81. The molecule has 2 aromatic rings. The molecule has 1 amide bonds. The van der Waals surface area contributed by atoms with Gasteiger partial charge >= 0.3 is 0 Å². The number of rotatable bonds is 2. The summed E-state index contributed by atoms with van der Waals surface area (Å²) in [5, 5.41) is 7.87. The fourth-order valence-corrected chi connectivity index (χ4v) is 2.95. The molecule has 0 saturated carbocycles. The molecule has 3 N–H and O–H groups in total. The summed E-state index contributed by atoms with van der Waals surface area (Å²) in [6.07, 6.45) is 1.74. The van der Waals surface area contributed by atoms with E-state index in [4.69, 9.17) is 5.14 Å². The highest BCUT2D eigenvalue weighted by atomic mass is 32.2. The van der Waals surface area contributed by atoms with E-state index in [9.17, 15) is 13.2 Å². The molecular formula is C16H14N2O3S. The summed E-state index contributed by atoms with van der Waals surface area (Å²) in [5.41, 5.74) is 3.49. The Morgan fingerprint density at radius 2 is 1.91 bits per heavy atom. The molecule has 22 heavy (non-hydrogen) atoms. The second kappa shape index (κ2) is 5.08. The molecular weight excluding hydrogens is 300 g/mol. The van der Waals surface area contributed by atoms with E-state index in [-0.39, 0.29) is 10.8 Å². The van der Waals surface area contributed by atoms with Crippen LogP contribution in [0.5, 0.6) is 0 Å². The van der Waals surface area contributed by atoms with Gasteiger partial charge < -0.3 is 5.32 Å². The highest BCUT2D eigenvalue weighted by molar-refractivity contribution is 7.89. The van der Waals surface area contributed by atoms with Gasteiger partial charge in [-0.25, -0.2) is 13.6 Å². The molecule has 0 saturated heterocycles. The van der Waals surface area contributed by atoms with Crippen LogP contribution in [0.3, 0.4) is 0 Å². The van der Waals surface area contributed by atoms with E-state index in [2.05, 4.69) is 5.32 Å². The molecule has 0 fully saturated rings. The Labute approximate surface area is 128 Å². The first kappa shape index (κ1) is 14.5. The molecule has 6 heteroatoms. The van der Waals surface area contributed by atoms with Crippen molar-refractivity contribution in [1.82, 2.24) is 0 Å². The van der Waals surface area contributed by atoms with Crippen molar-refractivity contribution < 1.29 is 13.2 Å². The van der Waals surface area contributed by atoms with Gasteiger partial charge in [-0.3, -0.25) is 4.79 Å². The van der Waals surface area contributed by atoms with Crippen molar-refractivity contribution in [2.75, 3.05) is 5.32 Å². The fraction of sp³-hybridized carbons (Fsp3) is 0.0625. The first-order valence-electron chi connectivity index (χ1n) is 6.61. The first-order chi connectivity index (χ1) is 10.3. The number of sulfonamides is 1. The summed E-state index contributed by atoms with van der Waals surface area (Å²) >= 11 is 0. The van der Waals surface area contributed by atoms with E-state index in [1.807, 2.05) is 31.2 Å². The minimum atomic E-state index is -3.81. The van der Waals surface area contributed by atoms with Gasteiger partial charge in [0.05, 0.1) is 4.90 Å². The summed E-state index contributed by atoms with van der Waals surface area (Å²) < 4.78 is 23.0. The van der Waals surface area contributed by atoms with E-state index < -0.39 is 10.0 Å². The van der Waals surface area contributed by atoms with Gasteiger partial charge in [0.2, 0.25) is 10.0 Å². The Kier molecular flexibility index (Phi) is 3.35. The van der Waals surface area contributed by atoms with Gasteiger partial charge in [0.15, 0.2) is 0 Å². The van der Waals surface area contributed by atoms with Gasteiger partial charge in [-0.2, -0.15) is 0 Å². The Hall–Kier alpha value is -2.44. The van der Waals surface area contributed by atoms with Crippen LogP contribution in [0.2, 0.25) is 0 Å². The second-order valence-corrected chi connectivity index (χ2v) is 6.74. The SMILES string of the molecule is Cc1cccc(/C=C2\C(=O)Nc3ccc(S(N)(=O)=O)cc32)c1. The molecule has 1 aliphatic rings. The van der Waals surface area contributed by atoms with Crippen molar-refractivity contribution in [3.63, 3.8) is 0 Å². The van der Waals surface area contributed by atoms with Crippen LogP contribution in [0, 0.1) is 6.92 Å². The van der Waals surface area contributed by atoms with Gasteiger partial charge in [-0.15, -0.1) is 0 Å². The van der Waals surface area contributed by atoms with Crippen LogP contribution in [-0.2, 0) is 14.8 Å². The monoisotopic (exact) mass is 314 g/mol. The highest BCUT2D eigenvalue weighted by Crippen LogP contribution is 2.34. The predicted molar refractivity (Wildman–Crippen MR) is 85.5 cm³/mol. The molecule has 0 unspecified atom stereocenters. The van der Waals surface area contributed by atoms with Crippen LogP contribution < -0.4 is 10.5 Å². The Balaban J connectivity index is 2.14. The maximum Gasteiger partial charge on any atom is 0.256 e. The zero-order chi connectivity index (χ0) is 15.9. The van der Waals surface area contributed by atoms with Crippen molar-refractivity contribution in [2.24, 2.45) is 5.14 Å². The molecule has 2 aromatic carbocycles. The number of primary sulfonamides is 1. The smallest absolute Gasteiger partial charge is 0.256 e. The summed E-state index contributed by atoms with van der Waals surface area (Å²) in [6, 6.07) is 12.0. The molecule has 0 aliphatic carbocycles. The minimum absolute atomic E-state index is 0.0158. The largest absolute Gasteiger partial charge is 0.321 e. The number of aryl methyl sites for hydroxylation is 1. The summed E-state index contributed by atoms with van der Waals surface area (Å²) in [4.78, 5) is 12.1. The molecule has 0 spiro atoms. The highest BCUT2D eigenvalue weighted by Gasteiger charge is 2.25. The quantitative estimate of drug-likeness (QED) is 0.832. The molecule has 1 heterocycles. The Morgan fingerprint density at radius 3 is 2.59 bits per heavy atom. The fourth-order valence-electron chi connectivity index (χ4n) is 2.41. The molecule has 0 aromatic heterocycles. The zero-order valence-corrected chi connectivity index (χ0v) is 12.6. The lowest BCUT2D eigenvalue weighted by atomic mass is 10.0. The minimum Gasteiger partial charge on any atom is -0.321 e. The number of benzene rings is 2. The van der Waals surface area contributed by atoms with Crippen molar-refractivity contribution >= 4 is 33.3 Å². The summed E-state index contributed by atoms with van der Waals surface area (Å²) in [5.74, 6) is -0.261. The number of amides is 1. The number of hydrogen-bond donors (Lipinski definition) is 2. The molecule has 0 atom stereocenters. The van der Waals surface area contributed by atoms with Gasteiger partial charge in [0.25, 0.3) is 5.91 Å². The van der Waals surface area contributed by atoms with Gasteiger partial charge in [0, 0.05) is 16.8 Å². The van der Waals surface area contributed by atoms with E-state index in [0.29, 0.717) is 16.8 Å². The van der Waals surface area contributed by atoms with E-state index in [1.165, 1.54) is 12.1 Å². The van der Waals surface area contributed by atoms with Crippen molar-refractivity contribution in [2.45, 2.75) is 11.8 Å². The zero-order valence-electron chi connectivity index (χ0n) is 11.8. The standard InChI is InChI=1S/C16H14N2O3S/c1-10-3-2-4-11(7-10)8-14-13-9-12(22(17,20)21)5-6-15(13)18-16(14)19/h2-9H,1H3,(H,18,19)(H2,17,20,21)/b14-8-. The van der Waals surface area contributed by atoms with Gasteiger partial charge in [-0.1, -0.05) is 29.8 Å². The third-order valence-corrected chi connectivity index (χ3v) is 4.37. The summed E-state index contributed by atoms with van der Waals surface area (Å²) in [6.45, 7) is 1.96. The molecule has 0 radical (unpaired) electrons. The molecule has 0 bridgehead atoms. The lowest BCUT2D eigenvalue weighted by molar-refractivity contribution is -0.110. The molecule has 1 aliphatic heterocycles. The second-order valence-electron chi connectivity index (χ2n) is 5.18. The Morgan fingerprint density at radius 1 is 1.14 bits per heavy atom. The third-order valence-electron chi connectivity index (χ3n) is 3.46. The van der Waals surface area contributed by atoms with Crippen LogP contribution >= 0.6 is 0 Å². The van der Waals surface area contributed by atoms with Crippen LogP contribution in [0.25, 0.3) is 11.6 Å².